The van der Waals surface area contributed by atoms with Crippen molar-refractivity contribution in [2.75, 3.05) is 40.3 Å². The van der Waals surface area contributed by atoms with E-state index in [4.69, 9.17) is 4.74 Å². The van der Waals surface area contributed by atoms with Gasteiger partial charge in [0.05, 0.1) is 37.2 Å². The normalized spacial score (nSPS) is 16.6. The molecule has 7 heteroatoms. The summed E-state index contributed by atoms with van der Waals surface area (Å²) in [7, 11) is 4.04. The van der Waals surface area contributed by atoms with Crippen LogP contribution in [-0.2, 0) is 11.3 Å². The average molecular weight is 421 g/mol. The fourth-order valence-corrected chi connectivity index (χ4v) is 3.84. The first-order chi connectivity index (χ1) is 15.0. The van der Waals surface area contributed by atoms with Crippen molar-refractivity contribution in [3.8, 4) is 17.0 Å². The highest BCUT2D eigenvalue weighted by Gasteiger charge is 2.29. The highest BCUT2D eigenvalue weighted by molar-refractivity contribution is 6.00. The van der Waals surface area contributed by atoms with Crippen LogP contribution in [0.4, 0.5) is 0 Å². The molecule has 1 amide bonds. The van der Waals surface area contributed by atoms with E-state index in [0.29, 0.717) is 31.8 Å². The second-order valence-electron chi connectivity index (χ2n) is 8.00. The Bertz CT molecular complexity index is 1030. The fraction of sp³-hybridized carbons (Fsp3) is 0.333. The van der Waals surface area contributed by atoms with Gasteiger partial charge in [0.2, 0.25) is 0 Å². The molecule has 1 N–H and O–H groups in total. The van der Waals surface area contributed by atoms with Crippen molar-refractivity contribution < 1.29 is 14.6 Å². The number of hydrogen-bond donors (Lipinski definition) is 1. The van der Waals surface area contributed by atoms with Gasteiger partial charge in [0, 0.05) is 18.7 Å². The van der Waals surface area contributed by atoms with Gasteiger partial charge in [-0.05, 0) is 31.8 Å². The van der Waals surface area contributed by atoms with Crippen LogP contribution in [0.2, 0.25) is 0 Å². The molecule has 1 unspecified atom stereocenters. The molecule has 162 valence electrons. The summed E-state index contributed by atoms with van der Waals surface area (Å²) in [6, 6.07) is 16.9. The van der Waals surface area contributed by atoms with Crippen molar-refractivity contribution in [2.24, 2.45) is 0 Å². The van der Waals surface area contributed by atoms with Crippen LogP contribution in [0.25, 0.3) is 11.3 Å². The Morgan fingerprint density at radius 3 is 2.74 bits per heavy atom. The number of aromatic nitrogens is 2. The van der Waals surface area contributed by atoms with Gasteiger partial charge in [0.15, 0.2) is 0 Å². The number of ether oxygens (including phenoxy) is 1. The number of rotatable bonds is 6. The molecule has 1 aliphatic rings. The lowest BCUT2D eigenvalue weighted by molar-refractivity contribution is -0.0228. The van der Waals surface area contributed by atoms with Crippen molar-refractivity contribution in [2.45, 2.75) is 12.6 Å². The van der Waals surface area contributed by atoms with Crippen LogP contribution in [0.15, 0.2) is 60.8 Å². The van der Waals surface area contributed by atoms with Crippen LogP contribution in [0.3, 0.4) is 0 Å². The Hall–Kier alpha value is -3.16. The third-order valence-corrected chi connectivity index (χ3v) is 5.47. The Morgan fingerprint density at radius 1 is 1.19 bits per heavy atom. The molecule has 1 fully saturated rings. The quantitative estimate of drug-likeness (QED) is 0.664. The first kappa shape index (κ1) is 21.1. The van der Waals surface area contributed by atoms with Gasteiger partial charge < -0.3 is 19.6 Å². The molecule has 1 saturated heterocycles. The van der Waals surface area contributed by atoms with Crippen molar-refractivity contribution in [3.05, 3.63) is 71.9 Å². The molecule has 0 radical (unpaired) electrons. The topological polar surface area (TPSA) is 70.8 Å². The molecule has 0 bridgehead atoms. The predicted octanol–water partition coefficient (Wildman–Crippen LogP) is 3.03. The van der Waals surface area contributed by atoms with E-state index < -0.39 is 0 Å². The van der Waals surface area contributed by atoms with E-state index in [1.807, 2.05) is 60.1 Å². The molecule has 0 aliphatic carbocycles. The van der Waals surface area contributed by atoms with E-state index in [2.05, 4.69) is 10.00 Å². The second-order valence-corrected chi connectivity index (χ2v) is 8.00. The molecule has 1 aliphatic heterocycles. The lowest BCUT2D eigenvalue weighted by Gasteiger charge is -2.33. The fourth-order valence-electron chi connectivity index (χ4n) is 3.84. The maximum absolute atomic E-state index is 13.5. The van der Waals surface area contributed by atoms with E-state index >= 15 is 0 Å². The highest BCUT2D eigenvalue weighted by atomic mass is 16.5. The van der Waals surface area contributed by atoms with Crippen molar-refractivity contribution in [1.29, 1.82) is 0 Å². The molecule has 2 aromatic carbocycles. The van der Waals surface area contributed by atoms with Gasteiger partial charge in [-0.3, -0.25) is 9.48 Å². The van der Waals surface area contributed by atoms with Crippen LogP contribution in [-0.4, -0.2) is 70.9 Å². The van der Waals surface area contributed by atoms with Gasteiger partial charge in [0.25, 0.3) is 5.91 Å². The number of carbonyl (C=O) groups excluding carboxylic acids is 1. The first-order valence-corrected chi connectivity index (χ1v) is 10.5. The summed E-state index contributed by atoms with van der Waals surface area (Å²) in [6.07, 6.45) is 1.41. The zero-order valence-electron chi connectivity index (χ0n) is 17.9. The number of benzene rings is 2. The van der Waals surface area contributed by atoms with Crippen LogP contribution in [0, 0.1) is 0 Å². The molecule has 31 heavy (non-hydrogen) atoms. The van der Waals surface area contributed by atoms with Gasteiger partial charge in [-0.25, -0.2) is 0 Å². The third-order valence-electron chi connectivity index (χ3n) is 5.47. The minimum atomic E-state index is -0.270. The zero-order valence-corrected chi connectivity index (χ0v) is 17.9. The highest BCUT2D eigenvalue weighted by Crippen LogP contribution is 2.29. The van der Waals surface area contributed by atoms with E-state index in [1.54, 1.807) is 24.4 Å². The molecule has 2 heterocycles. The molecule has 3 aromatic rings. The summed E-state index contributed by atoms with van der Waals surface area (Å²) in [5.41, 5.74) is 3.27. The first-order valence-electron chi connectivity index (χ1n) is 10.5. The zero-order chi connectivity index (χ0) is 21.8. The number of morpholine rings is 1. The molecule has 0 saturated carbocycles. The lowest BCUT2D eigenvalue weighted by Crippen LogP contribution is -2.42. The largest absolute Gasteiger partial charge is 0.508 e. The van der Waals surface area contributed by atoms with E-state index in [1.165, 1.54) is 0 Å². The van der Waals surface area contributed by atoms with E-state index in [-0.39, 0.29) is 17.8 Å². The maximum atomic E-state index is 13.5. The number of likely N-dealkylation sites (N-methyl/N-ethyl adjacent to an activating group) is 1. The van der Waals surface area contributed by atoms with Crippen LogP contribution in [0.5, 0.6) is 5.75 Å². The second kappa shape index (κ2) is 9.32. The molecule has 7 nitrogen and oxygen atoms in total. The summed E-state index contributed by atoms with van der Waals surface area (Å²) >= 11 is 0. The SMILES string of the molecule is CN(C)CCn1ncc(C(=O)N2CCOC(c3cccc(O)c3)C2)c1-c1ccccc1. The Balaban J connectivity index is 1.61. The number of hydrogen-bond acceptors (Lipinski definition) is 5. The van der Waals surface area contributed by atoms with E-state index in [9.17, 15) is 9.90 Å². The minimum Gasteiger partial charge on any atom is -0.508 e. The number of nitrogens with zero attached hydrogens (tertiary/aromatic N) is 4. The van der Waals surface area contributed by atoms with Gasteiger partial charge in [-0.15, -0.1) is 0 Å². The Morgan fingerprint density at radius 2 is 2.00 bits per heavy atom. The molecule has 4 rings (SSSR count). The van der Waals surface area contributed by atoms with Crippen molar-refractivity contribution in [3.63, 3.8) is 0 Å². The molecule has 0 spiro atoms. The summed E-state index contributed by atoms with van der Waals surface area (Å²) in [5, 5.41) is 14.3. The number of carbonyl (C=O) groups is 1. The van der Waals surface area contributed by atoms with Crippen LogP contribution >= 0.6 is 0 Å². The molecular formula is C24H28N4O3. The lowest BCUT2D eigenvalue weighted by atomic mass is 10.0. The smallest absolute Gasteiger partial charge is 0.257 e. The van der Waals surface area contributed by atoms with Crippen molar-refractivity contribution in [1.82, 2.24) is 19.6 Å². The summed E-state index contributed by atoms with van der Waals surface area (Å²) < 4.78 is 7.80. The van der Waals surface area contributed by atoms with Crippen molar-refractivity contribution >= 4 is 5.91 Å². The molecule has 1 aromatic heterocycles. The third kappa shape index (κ3) is 4.78. The summed E-state index contributed by atoms with van der Waals surface area (Å²) in [5.74, 6) is 0.140. The van der Waals surface area contributed by atoms with Crippen LogP contribution in [0.1, 0.15) is 22.0 Å². The number of amides is 1. The van der Waals surface area contributed by atoms with E-state index in [0.717, 1.165) is 23.4 Å². The van der Waals surface area contributed by atoms with Gasteiger partial charge >= 0.3 is 0 Å². The van der Waals surface area contributed by atoms with Crippen LogP contribution < -0.4 is 0 Å². The summed E-state index contributed by atoms with van der Waals surface area (Å²) in [4.78, 5) is 17.5. The molecular weight excluding hydrogens is 392 g/mol. The standard InChI is InChI=1S/C24H28N4O3/c1-26(2)11-12-28-23(18-7-4-3-5-8-18)21(16-25-28)24(30)27-13-14-31-22(17-27)19-9-6-10-20(29)15-19/h3-10,15-16,22,29H,11-14,17H2,1-2H3. The number of phenolic OH excluding ortho intramolecular Hbond substituents is 1. The Kier molecular flexibility index (Phi) is 6.34. The van der Waals surface area contributed by atoms with Gasteiger partial charge in [-0.1, -0.05) is 42.5 Å². The predicted molar refractivity (Wildman–Crippen MR) is 119 cm³/mol. The Labute approximate surface area is 182 Å². The van der Waals surface area contributed by atoms with Gasteiger partial charge in [0.1, 0.15) is 11.9 Å². The number of phenols is 1. The van der Waals surface area contributed by atoms with Gasteiger partial charge in [-0.2, -0.15) is 5.10 Å². The molecule has 1 atom stereocenters. The average Bonchev–Trinajstić information content (AvgIpc) is 3.22. The number of aromatic hydroxyl groups is 1. The minimum absolute atomic E-state index is 0.0524. The maximum Gasteiger partial charge on any atom is 0.257 e. The monoisotopic (exact) mass is 420 g/mol. The summed E-state index contributed by atoms with van der Waals surface area (Å²) in [6.45, 7) is 2.91.